The molecule has 0 spiro atoms. The molecular formula is C14H26N4. The normalized spacial score (nSPS) is 11.3. The molecule has 0 saturated heterocycles. The highest BCUT2D eigenvalue weighted by atomic mass is 15.2. The van der Waals surface area contributed by atoms with Crippen molar-refractivity contribution in [3.05, 3.63) is 18.0 Å². The fraction of sp³-hybridized carbons (Fsp3) is 0.714. The van der Waals surface area contributed by atoms with Crippen molar-refractivity contribution in [1.29, 1.82) is 0 Å². The van der Waals surface area contributed by atoms with Crippen LogP contribution in [0.5, 0.6) is 0 Å². The summed E-state index contributed by atoms with van der Waals surface area (Å²) in [5, 5.41) is 3.36. The van der Waals surface area contributed by atoms with Gasteiger partial charge in [0.1, 0.15) is 0 Å². The zero-order chi connectivity index (χ0) is 13.5. The molecule has 0 aliphatic heterocycles. The Morgan fingerprint density at radius 1 is 1.17 bits per heavy atom. The third-order valence-electron chi connectivity index (χ3n) is 2.66. The summed E-state index contributed by atoms with van der Waals surface area (Å²) in [5.41, 5.74) is 1.13. The van der Waals surface area contributed by atoms with Crippen LogP contribution in [-0.2, 0) is 6.54 Å². The smallest absolute Gasteiger partial charge is 0.225 e. The average Bonchev–Trinajstić information content (AvgIpc) is 2.34. The molecule has 0 aromatic carbocycles. The largest absolute Gasteiger partial charge is 0.341 e. The van der Waals surface area contributed by atoms with Gasteiger partial charge in [-0.2, -0.15) is 0 Å². The first-order chi connectivity index (χ1) is 8.52. The number of aromatic nitrogens is 2. The fourth-order valence-electron chi connectivity index (χ4n) is 1.72. The van der Waals surface area contributed by atoms with E-state index in [1.807, 2.05) is 12.4 Å². The molecule has 0 saturated carbocycles. The van der Waals surface area contributed by atoms with Gasteiger partial charge < -0.3 is 10.2 Å². The van der Waals surface area contributed by atoms with Gasteiger partial charge in [0, 0.05) is 43.6 Å². The van der Waals surface area contributed by atoms with Crippen molar-refractivity contribution in [3.8, 4) is 0 Å². The molecule has 0 bridgehead atoms. The van der Waals surface area contributed by atoms with Gasteiger partial charge in [0.25, 0.3) is 0 Å². The van der Waals surface area contributed by atoms with Crippen LogP contribution in [0.3, 0.4) is 0 Å². The van der Waals surface area contributed by atoms with Gasteiger partial charge in [-0.15, -0.1) is 0 Å². The third kappa shape index (κ3) is 5.00. The molecule has 0 atom stereocenters. The predicted molar refractivity (Wildman–Crippen MR) is 76.7 cm³/mol. The molecule has 0 fully saturated rings. The highest BCUT2D eigenvalue weighted by Gasteiger charge is 2.09. The van der Waals surface area contributed by atoms with Crippen LogP contribution in [0.1, 0.15) is 40.2 Å². The van der Waals surface area contributed by atoms with E-state index in [2.05, 4.69) is 54.8 Å². The Bertz CT molecular complexity index is 332. The lowest BCUT2D eigenvalue weighted by Gasteiger charge is -2.22. The number of rotatable bonds is 7. The summed E-state index contributed by atoms with van der Waals surface area (Å²) in [7, 11) is 0. The number of nitrogens with zero attached hydrogens (tertiary/aromatic N) is 3. The molecule has 1 rings (SSSR count). The van der Waals surface area contributed by atoms with Crippen LogP contribution in [-0.4, -0.2) is 29.1 Å². The molecule has 18 heavy (non-hydrogen) atoms. The van der Waals surface area contributed by atoms with Crippen molar-refractivity contribution in [2.75, 3.05) is 18.0 Å². The summed E-state index contributed by atoms with van der Waals surface area (Å²) < 4.78 is 0. The summed E-state index contributed by atoms with van der Waals surface area (Å²) >= 11 is 0. The molecule has 1 aromatic heterocycles. The van der Waals surface area contributed by atoms with Gasteiger partial charge in [-0.1, -0.05) is 27.7 Å². The van der Waals surface area contributed by atoms with E-state index in [4.69, 9.17) is 0 Å². The molecular weight excluding hydrogens is 224 g/mol. The van der Waals surface area contributed by atoms with Gasteiger partial charge >= 0.3 is 0 Å². The maximum atomic E-state index is 4.46. The van der Waals surface area contributed by atoms with Crippen LogP contribution in [0.2, 0.25) is 0 Å². The van der Waals surface area contributed by atoms with Crippen molar-refractivity contribution < 1.29 is 0 Å². The minimum Gasteiger partial charge on any atom is -0.341 e. The Morgan fingerprint density at radius 3 is 2.22 bits per heavy atom. The molecule has 0 aliphatic carbocycles. The average molecular weight is 250 g/mol. The first-order valence-electron chi connectivity index (χ1n) is 6.82. The lowest BCUT2D eigenvalue weighted by atomic mass is 10.2. The number of nitrogens with one attached hydrogen (secondary N) is 1. The van der Waals surface area contributed by atoms with Crippen molar-refractivity contribution in [2.24, 2.45) is 5.92 Å². The van der Waals surface area contributed by atoms with E-state index in [1.54, 1.807) is 0 Å². The highest BCUT2D eigenvalue weighted by Crippen LogP contribution is 2.09. The predicted octanol–water partition coefficient (Wildman–Crippen LogP) is 2.46. The minimum absolute atomic E-state index is 0.484. The van der Waals surface area contributed by atoms with E-state index in [0.29, 0.717) is 12.0 Å². The Labute approximate surface area is 111 Å². The van der Waals surface area contributed by atoms with Gasteiger partial charge in [-0.05, 0) is 12.8 Å². The first kappa shape index (κ1) is 14.9. The quantitative estimate of drug-likeness (QED) is 0.807. The van der Waals surface area contributed by atoms with Gasteiger partial charge in [-0.3, -0.25) is 0 Å². The van der Waals surface area contributed by atoms with E-state index in [0.717, 1.165) is 31.1 Å². The molecule has 0 amide bonds. The van der Waals surface area contributed by atoms with Gasteiger partial charge in [0.05, 0.1) is 0 Å². The van der Waals surface area contributed by atoms with Gasteiger partial charge in [0.2, 0.25) is 5.95 Å². The Kier molecular flexibility index (Phi) is 6.05. The van der Waals surface area contributed by atoms with Crippen LogP contribution in [0.25, 0.3) is 0 Å². The standard InChI is InChI=1S/C14H26N4/c1-6-18(10-11(2)3)14-16-8-13(9-17-14)7-15-12(4)5/h8-9,11-12,15H,6-7,10H2,1-5H3. The van der Waals surface area contributed by atoms with Gasteiger partial charge in [0.15, 0.2) is 0 Å². The van der Waals surface area contributed by atoms with Gasteiger partial charge in [-0.25, -0.2) is 9.97 Å². The Balaban J connectivity index is 2.62. The molecule has 0 aliphatic rings. The third-order valence-corrected chi connectivity index (χ3v) is 2.66. The number of hydrogen-bond donors (Lipinski definition) is 1. The molecule has 1 aromatic rings. The maximum Gasteiger partial charge on any atom is 0.225 e. The van der Waals surface area contributed by atoms with E-state index >= 15 is 0 Å². The number of anilines is 1. The highest BCUT2D eigenvalue weighted by molar-refractivity contribution is 5.29. The summed E-state index contributed by atoms with van der Waals surface area (Å²) in [6, 6.07) is 0.484. The summed E-state index contributed by atoms with van der Waals surface area (Å²) in [4.78, 5) is 11.1. The molecule has 102 valence electrons. The zero-order valence-electron chi connectivity index (χ0n) is 12.3. The van der Waals surface area contributed by atoms with E-state index in [9.17, 15) is 0 Å². The summed E-state index contributed by atoms with van der Waals surface area (Å²) in [5.74, 6) is 1.45. The molecule has 0 unspecified atom stereocenters. The van der Waals surface area contributed by atoms with E-state index in [-0.39, 0.29) is 0 Å². The van der Waals surface area contributed by atoms with Crippen LogP contribution in [0.4, 0.5) is 5.95 Å². The number of hydrogen-bond acceptors (Lipinski definition) is 4. The van der Waals surface area contributed by atoms with E-state index in [1.165, 1.54) is 0 Å². The van der Waals surface area contributed by atoms with E-state index < -0.39 is 0 Å². The Hall–Kier alpha value is -1.16. The molecule has 4 heteroatoms. The zero-order valence-corrected chi connectivity index (χ0v) is 12.3. The topological polar surface area (TPSA) is 41.1 Å². The van der Waals surface area contributed by atoms with Crippen molar-refractivity contribution in [1.82, 2.24) is 15.3 Å². The monoisotopic (exact) mass is 250 g/mol. The summed E-state index contributed by atoms with van der Waals surface area (Å²) in [6.45, 7) is 13.6. The van der Waals surface area contributed by atoms with Crippen LogP contribution in [0.15, 0.2) is 12.4 Å². The lowest BCUT2D eigenvalue weighted by molar-refractivity contribution is 0.584. The second-order valence-electron chi connectivity index (χ2n) is 5.36. The van der Waals surface area contributed by atoms with Crippen LogP contribution >= 0.6 is 0 Å². The molecule has 4 nitrogen and oxygen atoms in total. The lowest BCUT2D eigenvalue weighted by Crippen LogP contribution is -2.29. The maximum absolute atomic E-state index is 4.46. The fourth-order valence-corrected chi connectivity index (χ4v) is 1.72. The first-order valence-corrected chi connectivity index (χ1v) is 6.82. The molecule has 1 heterocycles. The Morgan fingerprint density at radius 2 is 1.78 bits per heavy atom. The minimum atomic E-state index is 0.484. The van der Waals surface area contributed by atoms with Crippen molar-refractivity contribution >= 4 is 5.95 Å². The second-order valence-corrected chi connectivity index (χ2v) is 5.36. The second kappa shape index (κ2) is 7.31. The van der Waals surface area contributed by atoms with Crippen molar-refractivity contribution in [3.63, 3.8) is 0 Å². The van der Waals surface area contributed by atoms with Crippen molar-refractivity contribution in [2.45, 2.75) is 47.2 Å². The van der Waals surface area contributed by atoms with Crippen LogP contribution in [0, 0.1) is 5.92 Å². The molecule has 1 N–H and O–H groups in total. The van der Waals surface area contributed by atoms with Crippen LogP contribution < -0.4 is 10.2 Å². The molecule has 0 radical (unpaired) electrons. The summed E-state index contributed by atoms with van der Waals surface area (Å²) in [6.07, 6.45) is 3.83. The SMILES string of the molecule is CCN(CC(C)C)c1ncc(CNC(C)C)cn1.